The van der Waals surface area contributed by atoms with Gasteiger partial charge in [-0.05, 0) is 37.0 Å². The monoisotopic (exact) mass is 298 g/mol. The van der Waals surface area contributed by atoms with Gasteiger partial charge in [0.2, 0.25) is 0 Å². The van der Waals surface area contributed by atoms with Crippen LogP contribution in [0.3, 0.4) is 0 Å². The van der Waals surface area contributed by atoms with Gasteiger partial charge in [-0.2, -0.15) is 0 Å². The first-order valence-electron chi connectivity index (χ1n) is 7.25. The van der Waals surface area contributed by atoms with Crippen molar-refractivity contribution in [1.82, 2.24) is 0 Å². The highest BCUT2D eigenvalue weighted by Gasteiger charge is 2.44. The fourth-order valence-electron chi connectivity index (χ4n) is 3.26. The van der Waals surface area contributed by atoms with Gasteiger partial charge in [-0.25, -0.2) is 4.79 Å². The van der Waals surface area contributed by atoms with E-state index in [1.165, 1.54) is 6.07 Å². The molecule has 2 aromatic heterocycles. The lowest BCUT2D eigenvalue weighted by Crippen LogP contribution is -2.40. The summed E-state index contributed by atoms with van der Waals surface area (Å²) in [6.07, 6.45) is 4.15. The second-order valence-electron chi connectivity index (χ2n) is 6.01. The van der Waals surface area contributed by atoms with Crippen molar-refractivity contribution in [2.75, 3.05) is 0 Å². The van der Waals surface area contributed by atoms with Crippen molar-refractivity contribution in [2.24, 2.45) is 5.41 Å². The van der Waals surface area contributed by atoms with Gasteiger partial charge in [0.25, 0.3) is 0 Å². The molecule has 3 aromatic rings. The van der Waals surface area contributed by atoms with Crippen LogP contribution in [0.5, 0.6) is 0 Å². The van der Waals surface area contributed by atoms with Gasteiger partial charge < -0.3 is 13.9 Å². The Morgan fingerprint density at radius 2 is 2.05 bits per heavy atom. The standard InChI is InChI=1S/C17H14O5/c18-15-7-11(9-17(16(19)20)3-1-4-17)12-6-10-2-5-21-13(10)8-14(12)22-15/h2,5-8H,1,3-4,9H2,(H,19,20). The van der Waals surface area contributed by atoms with Crippen LogP contribution in [0.25, 0.3) is 21.9 Å². The van der Waals surface area contributed by atoms with Crippen LogP contribution in [0.4, 0.5) is 0 Å². The second kappa shape index (κ2) is 4.47. The third-order valence-corrected chi connectivity index (χ3v) is 4.70. The topological polar surface area (TPSA) is 80.6 Å². The number of rotatable bonds is 3. The highest BCUT2D eigenvalue weighted by molar-refractivity contribution is 5.94. The number of hydrogen-bond donors (Lipinski definition) is 1. The smallest absolute Gasteiger partial charge is 0.336 e. The van der Waals surface area contributed by atoms with E-state index in [4.69, 9.17) is 8.83 Å². The van der Waals surface area contributed by atoms with E-state index < -0.39 is 17.0 Å². The predicted molar refractivity (Wildman–Crippen MR) is 79.9 cm³/mol. The van der Waals surface area contributed by atoms with E-state index in [2.05, 4.69) is 0 Å². The summed E-state index contributed by atoms with van der Waals surface area (Å²) in [5.74, 6) is -0.787. The molecule has 1 saturated carbocycles. The molecule has 0 saturated heterocycles. The van der Waals surface area contributed by atoms with Crippen LogP contribution in [0, 0.1) is 5.41 Å². The molecule has 0 atom stereocenters. The lowest BCUT2D eigenvalue weighted by Gasteiger charge is -2.37. The molecule has 1 aliphatic rings. The molecule has 0 aliphatic heterocycles. The molecule has 5 nitrogen and oxygen atoms in total. The van der Waals surface area contributed by atoms with Crippen molar-refractivity contribution in [3.8, 4) is 0 Å². The minimum Gasteiger partial charge on any atom is -0.481 e. The van der Waals surface area contributed by atoms with Crippen molar-refractivity contribution in [3.05, 3.63) is 46.5 Å². The molecule has 5 heteroatoms. The normalized spacial score (nSPS) is 16.7. The molecule has 112 valence electrons. The van der Waals surface area contributed by atoms with Gasteiger partial charge in [0, 0.05) is 22.9 Å². The van der Waals surface area contributed by atoms with Crippen molar-refractivity contribution >= 4 is 27.9 Å². The van der Waals surface area contributed by atoms with Crippen molar-refractivity contribution in [2.45, 2.75) is 25.7 Å². The van der Waals surface area contributed by atoms with E-state index in [0.717, 1.165) is 22.8 Å². The van der Waals surface area contributed by atoms with Crippen LogP contribution in [0.15, 0.2) is 44.2 Å². The lowest BCUT2D eigenvalue weighted by molar-refractivity contribution is -0.154. The molecule has 1 aromatic carbocycles. The van der Waals surface area contributed by atoms with E-state index in [1.807, 2.05) is 12.1 Å². The number of hydrogen-bond acceptors (Lipinski definition) is 4. The second-order valence-corrected chi connectivity index (χ2v) is 6.01. The summed E-state index contributed by atoms with van der Waals surface area (Å²) in [6.45, 7) is 0. The first-order valence-corrected chi connectivity index (χ1v) is 7.25. The molecular formula is C17H14O5. The highest BCUT2D eigenvalue weighted by atomic mass is 16.4. The number of benzene rings is 1. The molecule has 0 amide bonds. The number of carboxylic acids is 1. The molecule has 0 spiro atoms. The summed E-state index contributed by atoms with van der Waals surface area (Å²) in [7, 11) is 0. The van der Waals surface area contributed by atoms with Crippen LogP contribution in [-0.4, -0.2) is 11.1 Å². The maximum atomic E-state index is 11.8. The molecule has 0 unspecified atom stereocenters. The quantitative estimate of drug-likeness (QED) is 0.750. The predicted octanol–water partition coefficient (Wildman–Crippen LogP) is 3.34. The van der Waals surface area contributed by atoms with Gasteiger partial charge in [-0.15, -0.1) is 0 Å². The minimum atomic E-state index is -0.787. The molecule has 0 radical (unpaired) electrons. The average Bonchev–Trinajstić information content (AvgIpc) is 2.87. The Morgan fingerprint density at radius 3 is 2.73 bits per heavy atom. The van der Waals surface area contributed by atoms with Crippen molar-refractivity contribution in [3.63, 3.8) is 0 Å². The van der Waals surface area contributed by atoms with Gasteiger partial charge in [-0.3, -0.25) is 4.79 Å². The van der Waals surface area contributed by atoms with E-state index in [-0.39, 0.29) is 0 Å². The maximum absolute atomic E-state index is 11.8. The first kappa shape index (κ1) is 13.1. The van der Waals surface area contributed by atoms with Crippen LogP contribution >= 0.6 is 0 Å². The highest BCUT2D eigenvalue weighted by Crippen LogP contribution is 2.44. The molecule has 0 bridgehead atoms. The molecule has 1 fully saturated rings. The molecule has 4 rings (SSSR count). The fraction of sp³-hybridized carbons (Fsp3) is 0.294. The number of furan rings is 1. The number of aliphatic carboxylic acids is 1. The van der Waals surface area contributed by atoms with Crippen LogP contribution in [-0.2, 0) is 11.2 Å². The first-order chi connectivity index (χ1) is 10.6. The molecule has 1 aliphatic carbocycles. The fourth-order valence-corrected chi connectivity index (χ4v) is 3.26. The molecular weight excluding hydrogens is 284 g/mol. The summed E-state index contributed by atoms with van der Waals surface area (Å²) in [6, 6.07) is 6.82. The van der Waals surface area contributed by atoms with Gasteiger partial charge in [0.05, 0.1) is 11.7 Å². The largest absolute Gasteiger partial charge is 0.481 e. The lowest BCUT2D eigenvalue weighted by atomic mass is 9.65. The summed E-state index contributed by atoms with van der Waals surface area (Å²) >= 11 is 0. The summed E-state index contributed by atoms with van der Waals surface area (Å²) in [5, 5.41) is 11.2. The zero-order valence-electron chi connectivity index (χ0n) is 11.8. The van der Waals surface area contributed by atoms with Gasteiger partial charge in [-0.1, -0.05) is 6.42 Å². The Balaban J connectivity index is 1.92. The Kier molecular flexibility index (Phi) is 2.66. The van der Waals surface area contributed by atoms with E-state index in [1.54, 1.807) is 12.3 Å². The third-order valence-electron chi connectivity index (χ3n) is 4.70. The molecule has 22 heavy (non-hydrogen) atoms. The van der Waals surface area contributed by atoms with Crippen LogP contribution in [0.1, 0.15) is 24.8 Å². The number of carboxylic acid groups (broad SMARTS) is 1. The Morgan fingerprint density at radius 1 is 1.23 bits per heavy atom. The molecule has 2 heterocycles. The van der Waals surface area contributed by atoms with Crippen LogP contribution in [0.2, 0.25) is 0 Å². The SMILES string of the molecule is O=C(O)C1(Cc2cc(=O)oc3cc4occc4cc23)CCC1. The third kappa shape index (κ3) is 1.85. The summed E-state index contributed by atoms with van der Waals surface area (Å²) in [4.78, 5) is 23.4. The average molecular weight is 298 g/mol. The van der Waals surface area contributed by atoms with Gasteiger partial charge in [0.1, 0.15) is 11.2 Å². The zero-order chi connectivity index (χ0) is 15.3. The van der Waals surface area contributed by atoms with Crippen molar-refractivity contribution in [1.29, 1.82) is 0 Å². The Hall–Kier alpha value is -2.56. The summed E-state index contributed by atoms with van der Waals surface area (Å²) < 4.78 is 10.6. The Labute approximate surface area is 125 Å². The summed E-state index contributed by atoms with van der Waals surface area (Å²) in [5.41, 5.74) is 0.602. The van der Waals surface area contributed by atoms with E-state index in [9.17, 15) is 14.7 Å². The van der Waals surface area contributed by atoms with Crippen molar-refractivity contribution < 1.29 is 18.7 Å². The maximum Gasteiger partial charge on any atom is 0.336 e. The molecule has 1 N–H and O–H groups in total. The van der Waals surface area contributed by atoms with Gasteiger partial charge >= 0.3 is 11.6 Å². The Bertz CT molecular complexity index is 942. The van der Waals surface area contributed by atoms with E-state index >= 15 is 0 Å². The van der Waals surface area contributed by atoms with E-state index in [0.29, 0.717) is 30.4 Å². The van der Waals surface area contributed by atoms with Crippen LogP contribution < -0.4 is 5.63 Å². The van der Waals surface area contributed by atoms with Gasteiger partial charge in [0.15, 0.2) is 0 Å². The zero-order valence-corrected chi connectivity index (χ0v) is 11.8. The number of fused-ring (bicyclic) bond motifs is 2. The number of carbonyl (C=O) groups is 1. The minimum absolute atomic E-state index is 0.355.